The molecule has 0 unspecified atom stereocenters. The maximum Gasteiger partial charge on any atom is 0.341 e. The minimum absolute atomic E-state index is 0.136. The van der Waals surface area contributed by atoms with Gasteiger partial charge in [0.25, 0.3) is 5.91 Å². The second-order valence-electron chi connectivity index (χ2n) is 8.75. The predicted molar refractivity (Wildman–Crippen MR) is 120 cm³/mol. The van der Waals surface area contributed by atoms with Gasteiger partial charge in [0.1, 0.15) is 10.8 Å². The SMILES string of the molecule is CCOC(=O)c1c(NC(=O)COc2ccccc2C)sc2c1CC(C)(C)NC2(C)C. The minimum Gasteiger partial charge on any atom is -0.483 e. The van der Waals surface area contributed by atoms with Crippen LogP contribution in [0.3, 0.4) is 0 Å². The Labute approximate surface area is 182 Å². The highest BCUT2D eigenvalue weighted by molar-refractivity contribution is 7.17. The van der Waals surface area contributed by atoms with Gasteiger partial charge in [0.2, 0.25) is 0 Å². The van der Waals surface area contributed by atoms with Crippen LogP contribution in [0.15, 0.2) is 24.3 Å². The number of amides is 1. The highest BCUT2D eigenvalue weighted by atomic mass is 32.1. The summed E-state index contributed by atoms with van der Waals surface area (Å²) in [4.78, 5) is 26.5. The van der Waals surface area contributed by atoms with Crippen molar-refractivity contribution >= 4 is 28.2 Å². The minimum atomic E-state index is -0.404. The molecule has 0 atom stereocenters. The van der Waals surface area contributed by atoms with Crippen LogP contribution in [0.1, 0.15) is 61.0 Å². The van der Waals surface area contributed by atoms with Crippen molar-refractivity contribution in [2.24, 2.45) is 0 Å². The molecule has 7 heteroatoms. The Morgan fingerprint density at radius 2 is 1.90 bits per heavy atom. The van der Waals surface area contributed by atoms with Gasteiger partial charge in [-0.15, -0.1) is 11.3 Å². The summed E-state index contributed by atoms with van der Waals surface area (Å²) in [5, 5.41) is 7.03. The van der Waals surface area contributed by atoms with Gasteiger partial charge >= 0.3 is 5.97 Å². The molecule has 2 heterocycles. The normalized spacial score (nSPS) is 16.5. The van der Waals surface area contributed by atoms with Gasteiger partial charge < -0.3 is 20.1 Å². The molecule has 2 N–H and O–H groups in total. The number of esters is 1. The van der Waals surface area contributed by atoms with Gasteiger partial charge in [-0.3, -0.25) is 4.79 Å². The maximum absolute atomic E-state index is 12.8. The zero-order valence-electron chi connectivity index (χ0n) is 18.5. The quantitative estimate of drug-likeness (QED) is 0.664. The van der Waals surface area contributed by atoms with Gasteiger partial charge in [0.05, 0.1) is 12.2 Å². The third-order valence-corrected chi connectivity index (χ3v) is 6.50. The number of carbonyl (C=O) groups is 2. The number of rotatable bonds is 6. The Morgan fingerprint density at radius 1 is 1.20 bits per heavy atom. The van der Waals surface area contributed by atoms with Crippen molar-refractivity contribution in [1.29, 1.82) is 0 Å². The lowest BCUT2D eigenvalue weighted by Gasteiger charge is -2.42. The summed E-state index contributed by atoms with van der Waals surface area (Å²) < 4.78 is 11.0. The van der Waals surface area contributed by atoms with Crippen molar-refractivity contribution in [3.8, 4) is 5.75 Å². The number of nitrogens with one attached hydrogen (secondary N) is 2. The van der Waals surface area contributed by atoms with E-state index in [9.17, 15) is 9.59 Å². The molecule has 0 bridgehead atoms. The molecule has 1 amide bonds. The number of hydrogen-bond acceptors (Lipinski definition) is 6. The lowest BCUT2D eigenvalue weighted by atomic mass is 9.81. The largest absolute Gasteiger partial charge is 0.483 e. The number of thiophene rings is 1. The fourth-order valence-corrected chi connectivity index (χ4v) is 5.34. The second kappa shape index (κ2) is 8.40. The van der Waals surface area contributed by atoms with Crippen molar-refractivity contribution in [1.82, 2.24) is 5.32 Å². The molecule has 6 nitrogen and oxygen atoms in total. The number of para-hydroxylation sites is 1. The summed E-state index contributed by atoms with van der Waals surface area (Å²) in [6.45, 7) is 12.2. The molecule has 0 saturated carbocycles. The molecular weight excluding hydrogens is 400 g/mol. The number of ether oxygens (including phenoxy) is 2. The number of carbonyl (C=O) groups excluding carboxylic acids is 2. The first kappa shape index (κ1) is 22.3. The molecule has 1 aromatic heterocycles. The van der Waals surface area contributed by atoms with E-state index in [-0.39, 0.29) is 30.2 Å². The average Bonchev–Trinajstić information content (AvgIpc) is 2.98. The van der Waals surface area contributed by atoms with Crippen molar-refractivity contribution in [2.75, 3.05) is 18.5 Å². The highest BCUT2D eigenvalue weighted by Crippen LogP contribution is 2.45. The summed E-state index contributed by atoms with van der Waals surface area (Å²) in [6.07, 6.45) is 0.673. The van der Waals surface area contributed by atoms with Gasteiger partial charge in [-0.2, -0.15) is 0 Å². The molecule has 1 aliphatic heterocycles. The number of hydrogen-bond donors (Lipinski definition) is 2. The van der Waals surface area contributed by atoms with Crippen LogP contribution in [-0.2, 0) is 21.5 Å². The van der Waals surface area contributed by atoms with E-state index in [4.69, 9.17) is 9.47 Å². The van der Waals surface area contributed by atoms with Gasteiger partial charge in [0.15, 0.2) is 6.61 Å². The van der Waals surface area contributed by atoms with Crippen LogP contribution in [0.2, 0.25) is 0 Å². The number of aryl methyl sites for hydroxylation is 1. The molecule has 3 rings (SSSR count). The third kappa shape index (κ3) is 4.68. The second-order valence-corrected chi connectivity index (χ2v) is 9.77. The molecule has 162 valence electrons. The average molecular weight is 431 g/mol. The van der Waals surface area contributed by atoms with Gasteiger partial charge in [-0.05, 0) is 65.2 Å². The summed E-state index contributed by atoms with van der Waals surface area (Å²) >= 11 is 1.43. The van der Waals surface area contributed by atoms with Crippen LogP contribution in [0.25, 0.3) is 0 Å². The number of anilines is 1. The highest BCUT2D eigenvalue weighted by Gasteiger charge is 2.42. The summed E-state index contributed by atoms with van der Waals surface area (Å²) in [5.74, 6) is -0.0538. The zero-order chi connectivity index (χ0) is 22.1. The van der Waals surface area contributed by atoms with Crippen molar-refractivity contribution < 1.29 is 19.1 Å². The Kier molecular flexibility index (Phi) is 6.24. The molecule has 0 aliphatic carbocycles. The molecule has 1 aromatic carbocycles. The lowest BCUT2D eigenvalue weighted by molar-refractivity contribution is -0.118. The smallest absolute Gasteiger partial charge is 0.341 e. The van der Waals surface area contributed by atoms with Crippen molar-refractivity contribution in [3.63, 3.8) is 0 Å². The Balaban J connectivity index is 1.89. The monoisotopic (exact) mass is 430 g/mol. The van der Waals surface area contributed by atoms with Crippen LogP contribution in [0.5, 0.6) is 5.75 Å². The van der Waals surface area contributed by atoms with Crippen LogP contribution in [0.4, 0.5) is 5.00 Å². The van der Waals surface area contributed by atoms with E-state index in [0.29, 0.717) is 22.7 Å². The third-order valence-electron chi connectivity index (χ3n) is 5.03. The Bertz CT molecular complexity index is 962. The van der Waals surface area contributed by atoms with Crippen LogP contribution in [0, 0.1) is 6.92 Å². The van der Waals surface area contributed by atoms with Gasteiger partial charge in [-0.1, -0.05) is 18.2 Å². The molecule has 0 saturated heterocycles. The molecule has 0 fully saturated rings. The van der Waals surface area contributed by atoms with Crippen LogP contribution < -0.4 is 15.4 Å². The summed E-state index contributed by atoms with van der Waals surface area (Å²) in [6, 6.07) is 7.54. The lowest BCUT2D eigenvalue weighted by Crippen LogP contribution is -2.55. The molecule has 0 spiro atoms. The predicted octanol–water partition coefficient (Wildman–Crippen LogP) is 4.41. The van der Waals surface area contributed by atoms with Gasteiger partial charge in [0, 0.05) is 16.0 Å². The molecule has 1 aliphatic rings. The molecular formula is C23H30N2O4S. The van der Waals surface area contributed by atoms with E-state index in [0.717, 1.165) is 16.0 Å². The van der Waals surface area contributed by atoms with Crippen molar-refractivity contribution in [3.05, 3.63) is 45.8 Å². The summed E-state index contributed by atoms with van der Waals surface area (Å²) in [5.41, 5.74) is 1.85. The van der Waals surface area contributed by atoms with E-state index in [1.807, 2.05) is 31.2 Å². The zero-order valence-corrected chi connectivity index (χ0v) is 19.3. The first-order chi connectivity index (χ1) is 14.0. The van der Waals surface area contributed by atoms with E-state index in [1.165, 1.54) is 11.3 Å². The maximum atomic E-state index is 12.8. The number of fused-ring (bicyclic) bond motifs is 1. The van der Waals surface area contributed by atoms with E-state index < -0.39 is 5.97 Å². The Hall–Kier alpha value is -2.38. The molecule has 0 radical (unpaired) electrons. The first-order valence-corrected chi connectivity index (χ1v) is 11.0. The topological polar surface area (TPSA) is 76.7 Å². The molecule has 2 aromatic rings. The fraction of sp³-hybridized carbons (Fsp3) is 0.478. The van der Waals surface area contributed by atoms with E-state index in [1.54, 1.807) is 6.92 Å². The van der Waals surface area contributed by atoms with E-state index in [2.05, 4.69) is 38.3 Å². The Morgan fingerprint density at radius 3 is 2.57 bits per heavy atom. The van der Waals surface area contributed by atoms with E-state index >= 15 is 0 Å². The molecule has 30 heavy (non-hydrogen) atoms. The van der Waals surface area contributed by atoms with Crippen molar-refractivity contribution in [2.45, 2.75) is 59.0 Å². The standard InChI is InChI=1S/C23H30N2O4S/c1-7-28-21(27)18-15-12-22(3,4)25-23(5,6)19(15)30-20(18)24-17(26)13-29-16-11-9-8-10-14(16)2/h8-11,25H,7,12-13H2,1-6H3,(H,24,26). The first-order valence-electron chi connectivity index (χ1n) is 10.1. The van der Waals surface area contributed by atoms with Crippen LogP contribution >= 0.6 is 11.3 Å². The number of benzene rings is 1. The van der Waals surface area contributed by atoms with Crippen LogP contribution in [-0.4, -0.2) is 30.6 Å². The van der Waals surface area contributed by atoms with Gasteiger partial charge in [-0.25, -0.2) is 4.79 Å². The summed E-state index contributed by atoms with van der Waals surface area (Å²) in [7, 11) is 0. The fourth-order valence-electron chi connectivity index (χ4n) is 4.06.